The summed E-state index contributed by atoms with van der Waals surface area (Å²) >= 11 is 0. The molecule has 0 fully saturated rings. The van der Waals surface area contributed by atoms with Crippen LogP contribution >= 0.6 is 0 Å². The van der Waals surface area contributed by atoms with Crippen LogP contribution in [0.5, 0.6) is 5.75 Å². The van der Waals surface area contributed by atoms with Gasteiger partial charge >= 0.3 is 0 Å². The first-order valence-electron chi connectivity index (χ1n) is 5.77. The second-order valence-corrected chi connectivity index (χ2v) is 3.80. The van der Waals surface area contributed by atoms with E-state index in [0.717, 1.165) is 0 Å². The van der Waals surface area contributed by atoms with Gasteiger partial charge in [0.1, 0.15) is 0 Å². The zero-order chi connectivity index (χ0) is 13.4. The number of halogens is 1. The van der Waals surface area contributed by atoms with E-state index in [0.29, 0.717) is 31.8 Å². The first-order valence-corrected chi connectivity index (χ1v) is 5.77. The maximum atomic E-state index is 13.4. The second-order valence-electron chi connectivity index (χ2n) is 3.80. The lowest BCUT2D eigenvalue weighted by atomic mass is 10.1. The highest BCUT2D eigenvalue weighted by molar-refractivity contribution is 5.30. The Kier molecular flexibility index (Phi) is 6.64. The van der Waals surface area contributed by atoms with Gasteiger partial charge in [0.2, 0.25) is 0 Å². The van der Waals surface area contributed by atoms with Gasteiger partial charge in [-0.1, -0.05) is 6.07 Å². The highest BCUT2D eigenvalue weighted by Gasteiger charge is 2.11. The van der Waals surface area contributed by atoms with E-state index in [-0.39, 0.29) is 5.75 Å². The molecule has 1 N–H and O–H groups in total. The maximum absolute atomic E-state index is 13.4. The van der Waals surface area contributed by atoms with Gasteiger partial charge in [0.05, 0.1) is 26.4 Å². The third kappa shape index (κ3) is 4.60. The second kappa shape index (κ2) is 8.02. The van der Waals surface area contributed by atoms with Crippen LogP contribution in [0.15, 0.2) is 18.2 Å². The van der Waals surface area contributed by atoms with Gasteiger partial charge in [0.15, 0.2) is 11.6 Å². The highest BCUT2D eigenvalue weighted by atomic mass is 19.1. The Hall–Kier alpha value is -1.17. The molecule has 1 aromatic rings. The predicted octanol–water partition coefficient (Wildman–Crippen LogP) is 1.92. The quantitative estimate of drug-likeness (QED) is 0.724. The van der Waals surface area contributed by atoms with Crippen molar-refractivity contribution < 1.29 is 23.7 Å². The molecule has 0 spiro atoms. The first-order chi connectivity index (χ1) is 8.69. The molecule has 0 saturated heterocycles. The molecule has 102 valence electrons. The summed E-state index contributed by atoms with van der Waals surface area (Å²) in [6.07, 6.45) is -0.330. The third-order valence-electron chi connectivity index (χ3n) is 2.53. The molecule has 0 aliphatic rings. The van der Waals surface area contributed by atoms with Crippen LogP contribution in [0.2, 0.25) is 0 Å². The minimum Gasteiger partial charge on any atom is -0.494 e. The van der Waals surface area contributed by atoms with Crippen LogP contribution < -0.4 is 4.74 Å². The van der Waals surface area contributed by atoms with Gasteiger partial charge < -0.3 is 19.3 Å². The monoisotopic (exact) mass is 258 g/mol. The SMILES string of the molecule is COCCOCCC(O)c1ccc(OC)c(F)c1. The van der Waals surface area contributed by atoms with E-state index in [2.05, 4.69) is 0 Å². The molecule has 1 rings (SSSR count). The first kappa shape index (κ1) is 14.9. The Balaban J connectivity index is 2.41. The standard InChI is InChI=1S/C13H19FO4/c1-16-7-8-18-6-5-12(15)10-3-4-13(17-2)11(14)9-10/h3-4,9,12,15H,5-8H2,1-2H3. The fourth-order valence-electron chi connectivity index (χ4n) is 1.50. The molecule has 4 nitrogen and oxygen atoms in total. The number of methoxy groups -OCH3 is 2. The van der Waals surface area contributed by atoms with Crippen molar-refractivity contribution in [1.82, 2.24) is 0 Å². The molecule has 0 heterocycles. The molecule has 5 heteroatoms. The number of rotatable bonds is 8. The van der Waals surface area contributed by atoms with Crippen molar-refractivity contribution >= 4 is 0 Å². The van der Waals surface area contributed by atoms with Crippen molar-refractivity contribution in [2.45, 2.75) is 12.5 Å². The average molecular weight is 258 g/mol. The van der Waals surface area contributed by atoms with Gasteiger partial charge in [-0.3, -0.25) is 0 Å². The summed E-state index contributed by atoms with van der Waals surface area (Å²) in [7, 11) is 3.00. The Bertz CT molecular complexity index is 357. The molecule has 0 aliphatic carbocycles. The van der Waals surface area contributed by atoms with Crippen LogP contribution in [0.4, 0.5) is 4.39 Å². The number of aliphatic hydroxyl groups excluding tert-OH is 1. The number of ether oxygens (including phenoxy) is 3. The van der Waals surface area contributed by atoms with Crippen molar-refractivity contribution in [3.05, 3.63) is 29.6 Å². The van der Waals surface area contributed by atoms with Crippen molar-refractivity contribution in [2.24, 2.45) is 0 Å². The van der Waals surface area contributed by atoms with Crippen molar-refractivity contribution in [2.75, 3.05) is 34.0 Å². The summed E-state index contributed by atoms with van der Waals surface area (Å²) in [5.74, 6) is -0.309. The van der Waals surface area contributed by atoms with E-state index in [1.807, 2.05) is 0 Å². The minimum atomic E-state index is -0.743. The van der Waals surface area contributed by atoms with E-state index >= 15 is 0 Å². The van der Waals surface area contributed by atoms with Crippen LogP contribution in [0, 0.1) is 5.82 Å². The van der Waals surface area contributed by atoms with Gasteiger partial charge in [0.25, 0.3) is 0 Å². The van der Waals surface area contributed by atoms with Crippen molar-refractivity contribution in [1.29, 1.82) is 0 Å². The van der Waals surface area contributed by atoms with E-state index in [4.69, 9.17) is 14.2 Å². The minimum absolute atomic E-state index is 0.169. The van der Waals surface area contributed by atoms with E-state index in [9.17, 15) is 9.50 Å². The Morgan fingerprint density at radius 3 is 2.61 bits per heavy atom. The molecule has 0 bridgehead atoms. The molecule has 0 amide bonds. The van der Waals surface area contributed by atoms with Gasteiger partial charge in [-0.2, -0.15) is 0 Å². The van der Waals surface area contributed by atoms with Gasteiger partial charge in [0, 0.05) is 20.1 Å². The van der Waals surface area contributed by atoms with Crippen molar-refractivity contribution in [3.8, 4) is 5.75 Å². The molecule has 0 saturated carbocycles. The zero-order valence-corrected chi connectivity index (χ0v) is 10.7. The van der Waals surface area contributed by atoms with Gasteiger partial charge in [-0.15, -0.1) is 0 Å². The summed E-state index contributed by atoms with van der Waals surface area (Å²) in [5.41, 5.74) is 0.517. The normalized spacial score (nSPS) is 12.4. The van der Waals surface area contributed by atoms with Crippen LogP contribution in [0.25, 0.3) is 0 Å². The largest absolute Gasteiger partial charge is 0.494 e. The molecule has 1 aromatic carbocycles. The third-order valence-corrected chi connectivity index (χ3v) is 2.53. The number of benzene rings is 1. The van der Waals surface area contributed by atoms with Gasteiger partial charge in [-0.05, 0) is 17.7 Å². The Morgan fingerprint density at radius 2 is 2.00 bits per heavy atom. The summed E-state index contributed by atoms with van der Waals surface area (Å²) < 4.78 is 28.3. The van der Waals surface area contributed by atoms with Crippen molar-refractivity contribution in [3.63, 3.8) is 0 Å². The number of hydrogen-bond acceptors (Lipinski definition) is 4. The average Bonchev–Trinajstić information content (AvgIpc) is 2.38. The maximum Gasteiger partial charge on any atom is 0.165 e. The lowest BCUT2D eigenvalue weighted by molar-refractivity contribution is 0.0475. The molecule has 0 radical (unpaired) electrons. The Morgan fingerprint density at radius 1 is 1.22 bits per heavy atom. The van der Waals surface area contributed by atoms with Crippen LogP contribution in [0.3, 0.4) is 0 Å². The lowest BCUT2D eigenvalue weighted by Crippen LogP contribution is -2.07. The molecule has 0 aromatic heterocycles. The summed E-state index contributed by atoms with van der Waals surface area (Å²) in [6, 6.07) is 4.42. The molecule has 0 aliphatic heterocycles. The molecular weight excluding hydrogens is 239 g/mol. The van der Waals surface area contributed by atoms with E-state index in [1.54, 1.807) is 13.2 Å². The number of aliphatic hydroxyl groups is 1. The molecule has 18 heavy (non-hydrogen) atoms. The molecule has 1 atom stereocenters. The molecular formula is C13H19FO4. The summed E-state index contributed by atoms with van der Waals surface area (Å²) in [4.78, 5) is 0. The predicted molar refractivity (Wildman–Crippen MR) is 65.2 cm³/mol. The fraction of sp³-hybridized carbons (Fsp3) is 0.538. The topological polar surface area (TPSA) is 47.9 Å². The zero-order valence-electron chi connectivity index (χ0n) is 10.7. The highest BCUT2D eigenvalue weighted by Crippen LogP contribution is 2.23. The number of hydrogen-bond donors (Lipinski definition) is 1. The van der Waals surface area contributed by atoms with E-state index in [1.165, 1.54) is 19.2 Å². The smallest absolute Gasteiger partial charge is 0.165 e. The van der Waals surface area contributed by atoms with Crippen LogP contribution in [-0.4, -0.2) is 39.1 Å². The Labute approximate surface area is 106 Å². The molecule has 1 unspecified atom stereocenters. The fourth-order valence-corrected chi connectivity index (χ4v) is 1.50. The lowest BCUT2D eigenvalue weighted by Gasteiger charge is -2.12. The van der Waals surface area contributed by atoms with Crippen LogP contribution in [-0.2, 0) is 9.47 Å². The summed E-state index contributed by atoms with van der Waals surface area (Å²) in [6.45, 7) is 1.41. The van der Waals surface area contributed by atoms with Crippen LogP contribution in [0.1, 0.15) is 18.1 Å². The van der Waals surface area contributed by atoms with Gasteiger partial charge in [-0.25, -0.2) is 4.39 Å². The van der Waals surface area contributed by atoms with E-state index < -0.39 is 11.9 Å². The summed E-state index contributed by atoms with van der Waals surface area (Å²) in [5, 5.41) is 9.85.